The van der Waals surface area contributed by atoms with E-state index in [1.54, 1.807) is 0 Å². The maximum atomic E-state index is 13.6. The van der Waals surface area contributed by atoms with Crippen LogP contribution in [0.2, 0.25) is 0 Å². The van der Waals surface area contributed by atoms with Gasteiger partial charge in [-0.15, -0.1) is 0 Å². The quantitative estimate of drug-likeness (QED) is 0.675. The first-order chi connectivity index (χ1) is 13.9. The van der Waals surface area contributed by atoms with E-state index >= 15 is 0 Å². The van der Waals surface area contributed by atoms with Crippen LogP contribution in [-0.4, -0.2) is 72.1 Å². The zero-order valence-electron chi connectivity index (χ0n) is 16.1. The highest BCUT2D eigenvalue weighted by molar-refractivity contribution is 7.89. The van der Waals surface area contributed by atoms with Gasteiger partial charge in [-0.1, -0.05) is 6.92 Å². The molecule has 2 saturated heterocycles. The van der Waals surface area contributed by atoms with Crippen LogP contribution in [0.1, 0.15) is 26.2 Å². The molecule has 1 unspecified atom stereocenters. The molecule has 170 valence electrons. The monoisotopic (exact) mass is 458 g/mol. The van der Waals surface area contributed by atoms with Gasteiger partial charge >= 0.3 is 12.1 Å². The normalized spacial score (nSPS) is 21.3. The fourth-order valence-electron chi connectivity index (χ4n) is 3.10. The van der Waals surface area contributed by atoms with Gasteiger partial charge in [-0.05, 0) is 18.6 Å². The van der Waals surface area contributed by atoms with Gasteiger partial charge in [-0.3, -0.25) is 0 Å². The number of halogens is 4. The highest BCUT2D eigenvalue weighted by Gasteiger charge is 2.52. The molecule has 1 atom stereocenters. The molecular weight excluding hydrogens is 436 g/mol. The van der Waals surface area contributed by atoms with E-state index in [2.05, 4.69) is 4.98 Å². The van der Waals surface area contributed by atoms with Gasteiger partial charge in [0.1, 0.15) is 6.10 Å². The number of carboxylic acids is 1. The standard InChI is InChI=1S/C15H21FN2O4S.C2HF3O2/c1-2-8-23(19,20)18-10-15(11-18)9-12(5-7-21-15)22-14-13(16)4-3-6-17-14;3-2(4,5)1(6)7/h3-4,6,12H,2,5,7-11H2,1H3;(H,6,7). The van der Waals surface area contributed by atoms with Gasteiger partial charge in [0, 0.05) is 32.1 Å². The summed E-state index contributed by atoms with van der Waals surface area (Å²) < 4.78 is 82.4. The molecule has 3 rings (SSSR count). The Bertz CT molecular complexity index is 843. The van der Waals surface area contributed by atoms with Gasteiger partial charge in [-0.2, -0.15) is 17.5 Å². The van der Waals surface area contributed by atoms with Crippen molar-refractivity contribution < 1.29 is 45.4 Å². The van der Waals surface area contributed by atoms with E-state index in [0.717, 1.165) is 0 Å². The van der Waals surface area contributed by atoms with Crippen molar-refractivity contribution in [3.63, 3.8) is 0 Å². The fourth-order valence-corrected chi connectivity index (χ4v) is 4.74. The number of alkyl halides is 3. The third-order valence-electron chi connectivity index (χ3n) is 4.48. The predicted molar refractivity (Wildman–Crippen MR) is 95.9 cm³/mol. The van der Waals surface area contributed by atoms with E-state index in [1.165, 1.54) is 22.6 Å². The minimum absolute atomic E-state index is 0.00988. The number of pyridine rings is 1. The Morgan fingerprint density at radius 2 is 2.07 bits per heavy atom. The fraction of sp³-hybridized carbons (Fsp3) is 0.647. The molecule has 0 aromatic carbocycles. The number of aliphatic carboxylic acids is 1. The molecule has 13 heteroatoms. The molecule has 2 aliphatic rings. The van der Waals surface area contributed by atoms with Crippen molar-refractivity contribution in [3.8, 4) is 5.88 Å². The van der Waals surface area contributed by atoms with Crippen molar-refractivity contribution in [2.24, 2.45) is 0 Å². The number of ether oxygens (including phenoxy) is 2. The lowest BCUT2D eigenvalue weighted by molar-refractivity contribution is -0.192. The lowest BCUT2D eigenvalue weighted by atomic mass is 9.86. The number of carbonyl (C=O) groups is 1. The Hall–Kier alpha value is -1.99. The second-order valence-electron chi connectivity index (χ2n) is 6.94. The van der Waals surface area contributed by atoms with Crippen molar-refractivity contribution in [2.75, 3.05) is 25.4 Å². The van der Waals surface area contributed by atoms with Gasteiger partial charge in [0.2, 0.25) is 10.0 Å². The number of hydrogen-bond acceptors (Lipinski definition) is 6. The average Bonchev–Trinajstić information content (AvgIpc) is 2.61. The van der Waals surface area contributed by atoms with Crippen LogP contribution in [-0.2, 0) is 19.6 Å². The highest BCUT2D eigenvalue weighted by Crippen LogP contribution is 2.37. The topological polar surface area (TPSA) is 106 Å². The minimum Gasteiger partial charge on any atom is -0.475 e. The molecule has 0 amide bonds. The summed E-state index contributed by atoms with van der Waals surface area (Å²) in [7, 11) is -3.19. The smallest absolute Gasteiger partial charge is 0.475 e. The second-order valence-corrected chi connectivity index (χ2v) is 9.03. The SMILES string of the molecule is CCCS(=O)(=O)N1CC2(CC(Oc3ncccc3F)CCO2)C1.O=C(O)C(F)(F)F. The lowest BCUT2D eigenvalue weighted by Crippen LogP contribution is -2.67. The zero-order chi connectivity index (χ0) is 22.6. The van der Waals surface area contributed by atoms with Crippen LogP contribution in [0.4, 0.5) is 17.6 Å². The Kier molecular flexibility index (Phi) is 7.64. The Balaban J connectivity index is 0.000000396. The van der Waals surface area contributed by atoms with Crippen LogP contribution in [0.3, 0.4) is 0 Å². The summed E-state index contributed by atoms with van der Waals surface area (Å²) in [5.41, 5.74) is -0.505. The van der Waals surface area contributed by atoms with Crippen molar-refractivity contribution in [3.05, 3.63) is 24.1 Å². The molecule has 1 aromatic heterocycles. The molecule has 0 aliphatic carbocycles. The van der Waals surface area contributed by atoms with Crippen molar-refractivity contribution in [1.82, 2.24) is 9.29 Å². The summed E-state index contributed by atoms with van der Waals surface area (Å²) in [5, 5.41) is 7.12. The van der Waals surface area contributed by atoms with E-state index in [9.17, 15) is 26.0 Å². The van der Waals surface area contributed by atoms with Gasteiger partial charge in [0.05, 0.1) is 18.0 Å². The molecule has 8 nitrogen and oxygen atoms in total. The van der Waals surface area contributed by atoms with Gasteiger partial charge in [-0.25, -0.2) is 22.6 Å². The van der Waals surface area contributed by atoms with E-state index in [4.69, 9.17) is 19.4 Å². The third-order valence-corrected chi connectivity index (χ3v) is 6.45. The van der Waals surface area contributed by atoms with Crippen LogP contribution in [0.25, 0.3) is 0 Å². The number of aromatic nitrogens is 1. The van der Waals surface area contributed by atoms with E-state index in [0.29, 0.717) is 39.0 Å². The Labute approximate surface area is 170 Å². The highest BCUT2D eigenvalue weighted by atomic mass is 32.2. The zero-order valence-corrected chi connectivity index (χ0v) is 16.9. The summed E-state index contributed by atoms with van der Waals surface area (Å²) in [5.74, 6) is -3.10. The van der Waals surface area contributed by atoms with Gasteiger partial charge in [0.15, 0.2) is 5.82 Å². The summed E-state index contributed by atoms with van der Waals surface area (Å²) in [6, 6.07) is 2.82. The van der Waals surface area contributed by atoms with E-state index in [1.807, 2.05) is 6.92 Å². The lowest BCUT2D eigenvalue weighted by Gasteiger charge is -2.52. The maximum Gasteiger partial charge on any atom is 0.490 e. The summed E-state index contributed by atoms with van der Waals surface area (Å²) in [6.45, 7) is 3.01. The molecule has 1 aromatic rings. The number of carboxylic acid groups (broad SMARTS) is 1. The van der Waals surface area contributed by atoms with Crippen LogP contribution >= 0.6 is 0 Å². The molecule has 30 heavy (non-hydrogen) atoms. The maximum absolute atomic E-state index is 13.6. The first-order valence-electron chi connectivity index (χ1n) is 9.07. The molecule has 2 fully saturated rings. The first-order valence-corrected chi connectivity index (χ1v) is 10.7. The summed E-state index contributed by atoms with van der Waals surface area (Å²) in [4.78, 5) is 12.8. The molecule has 0 bridgehead atoms. The Morgan fingerprint density at radius 3 is 2.60 bits per heavy atom. The van der Waals surface area contributed by atoms with E-state index in [-0.39, 0.29) is 17.7 Å². The molecule has 1 N–H and O–H groups in total. The number of hydrogen-bond donors (Lipinski definition) is 1. The van der Waals surface area contributed by atoms with Crippen LogP contribution in [0.5, 0.6) is 5.88 Å². The first kappa shape index (κ1) is 24.3. The number of rotatable bonds is 5. The van der Waals surface area contributed by atoms with Crippen molar-refractivity contribution in [2.45, 2.75) is 44.1 Å². The van der Waals surface area contributed by atoms with Crippen LogP contribution in [0, 0.1) is 5.82 Å². The molecule has 0 radical (unpaired) electrons. The molecule has 2 aliphatic heterocycles. The largest absolute Gasteiger partial charge is 0.490 e. The molecule has 3 heterocycles. The summed E-state index contributed by atoms with van der Waals surface area (Å²) >= 11 is 0. The molecule has 1 spiro atoms. The van der Waals surface area contributed by atoms with Gasteiger partial charge in [0.25, 0.3) is 5.88 Å². The van der Waals surface area contributed by atoms with E-state index < -0.39 is 33.6 Å². The van der Waals surface area contributed by atoms with Crippen molar-refractivity contribution in [1.29, 1.82) is 0 Å². The van der Waals surface area contributed by atoms with Crippen molar-refractivity contribution >= 4 is 16.0 Å². The predicted octanol–water partition coefficient (Wildman–Crippen LogP) is 2.21. The molecular formula is C17H22F4N2O6S. The van der Waals surface area contributed by atoms with Gasteiger partial charge < -0.3 is 14.6 Å². The Morgan fingerprint density at radius 1 is 1.43 bits per heavy atom. The second kappa shape index (κ2) is 9.43. The molecule has 0 saturated carbocycles. The minimum atomic E-state index is -5.08. The van der Waals surface area contributed by atoms with Crippen LogP contribution < -0.4 is 4.74 Å². The number of nitrogens with zero attached hydrogens (tertiary/aromatic N) is 2. The third kappa shape index (κ3) is 6.25. The summed E-state index contributed by atoms with van der Waals surface area (Å²) in [6.07, 6.45) is -2.04. The average molecular weight is 458 g/mol. The van der Waals surface area contributed by atoms with Crippen LogP contribution in [0.15, 0.2) is 18.3 Å². The number of sulfonamides is 1.